The third-order valence-electron chi connectivity index (χ3n) is 3.69. The number of benzene rings is 1. The molecule has 5 nitrogen and oxygen atoms in total. The van der Waals surface area contributed by atoms with Gasteiger partial charge in [0, 0.05) is 28.5 Å². The SMILES string of the molecule is CC1=CN(S(C)(=O)=O)CC2=C1C(=O)c1ccccc1C2=O. The molecule has 0 N–H and O–H groups in total. The number of carbonyl (C=O) groups is 2. The van der Waals surface area contributed by atoms with Crippen LogP contribution in [0.25, 0.3) is 0 Å². The summed E-state index contributed by atoms with van der Waals surface area (Å²) in [5.41, 5.74) is 1.79. The second-order valence-corrected chi connectivity index (χ2v) is 7.11. The molecule has 108 valence electrons. The van der Waals surface area contributed by atoms with Crippen molar-refractivity contribution in [2.24, 2.45) is 0 Å². The summed E-state index contributed by atoms with van der Waals surface area (Å²) in [5, 5.41) is 0. The zero-order valence-electron chi connectivity index (χ0n) is 11.6. The van der Waals surface area contributed by atoms with E-state index in [1.807, 2.05) is 0 Å². The van der Waals surface area contributed by atoms with E-state index in [4.69, 9.17) is 0 Å². The summed E-state index contributed by atoms with van der Waals surface area (Å²) in [5.74, 6) is -0.497. The number of hydrogen-bond donors (Lipinski definition) is 0. The minimum Gasteiger partial charge on any atom is -0.289 e. The van der Waals surface area contributed by atoms with Gasteiger partial charge in [0.2, 0.25) is 10.0 Å². The fourth-order valence-electron chi connectivity index (χ4n) is 2.69. The number of fused-ring (bicyclic) bond motifs is 1. The lowest BCUT2D eigenvalue weighted by atomic mass is 9.80. The Kier molecular flexibility index (Phi) is 2.88. The minimum absolute atomic E-state index is 0.0928. The molecule has 1 aliphatic heterocycles. The van der Waals surface area contributed by atoms with Crippen molar-refractivity contribution >= 4 is 21.6 Å². The van der Waals surface area contributed by atoms with Gasteiger partial charge < -0.3 is 0 Å². The fraction of sp³-hybridized carbons (Fsp3) is 0.200. The molecule has 0 fully saturated rings. The molecule has 0 atom stereocenters. The Bertz CT molecular complexity index is 846. The molecule has 0 aromatic heterocycles. The highest BCUT2D eigenvalue weighted by molar-refractivity contribution is 7.88. The van der Waals surface area contributed by atoms with Gasteiger partial charge in [-0.05, 0) is 12.5 Å². The average Bonchev–Trinajstić information content (AvgIpc) is 2.43. The van der Waals surface area contributed by atoms with E-state index in [0.29, 0.717) is 22.3 Å². The molecular formula is C15H13NO4S. The number of ketones is 2. The molecule has 2 aliphatic rings. The van der Waals surface area contributed by atoms with Gasteiger partial charge in [-0.2, -0.15) is 0 Å². The topological polar surface area (TPSA) is 71.5 Å². The number of Topliss-reactive ketones (excluding diaryl/α,β-unsaturated/α-hetero) is 2. The molecule has 0 saturated heterocycles. The molecule has 1 heterocycles. The van der Waals surface area contributed by atoms with E-state index in [2.05, 4.69) is 0 Å². The number of carbonyl (C=O) groups excluding carboxylic acids is 2. The number of nitrogens with zero attached hydrogens (tertiary/aromatic N) is 1. The Morgan fingerprint density at radius 2 is 1.62 bits per heavy atom. The molecule has 0 amide bonds. The Balaban J connectivity index is 2.19. The Morgan fingerprint density at radius 1 is 1.05 bits per heavy atom. The van der Waals surface area contributed by atoms with E-state index in [-0.39, 0.29) is 23.7 Å². The van der Waals surface area contributed by atoms with Crippen molar-refractivity contribution in [1.29, 1.82) is 0 Å². The maximum Gasteiger partial charge on any atom is 0.232 e. The Labute approximate surface area is 122 Å². The van der Waals surface area contributed by atoms with Crippen LogP contribution in [0.15, 0.2) is 47.2 Å². The minimum atomic E-state index is -3.47. The third-order valence-corrected chi connectivity index (χ3v) is 4.78. The van der Waals surface area contributed by atoms with Crippen LogP contribution in [0.4, 0.5) is 0 Å². The summed E-state index contributed by atoms with van der Waals surface area (Å²) < 4.78 is 24.5. The van der Waals surface area contributed by atoms with E-state index in [0.717, 1.165) is 10.6 Å². The highest BCUT2D eigenvalue weighted by atomic mass is 32.2. The van der Waals surface area contributed by atoms with Crippen LogP contribution >= 0.6 is 0 Å². The van der Waals surface area contributed by atoms with Gasteiger partial charge in [0.15, 0.2) is 11.6 Å². The first-order valence-electron chi connectivity index (χ1n) is 6.38. The van der Waals surface area contributed by atoms with Gasteiger partial charge in [0.05, 0.1) is 12.8 Å². The van der Waals surface area contributed by atoms with Crippen molar-refractivity contribution in [2.45, 2.75) is 6.92 Å². The first-order chi connectivity index (χ1) is 9.80. The maximum atomic E-state index is 12.6. The van der Waals surface area contributed by atoms with Gasteiger partial charge in [-0.15, -0.1) is 0 Å². The van der Waals surface area contributed by atoms with Gasteiger partial charge in [-0.3, -0.25) is 13.9 Å². The van der Waals surface area contributed by atoms with Crippen LogP contribution < -0.4 is 0 Å². The van der Waals surface area contributed by atoms with Crippen molar-refractivity contribution < 1.29 is 18.0 Å². The van der Waals surface area contributed by atoms with Gasteiger partial charge in [0.1, 0.15) is 0 Å². The molecule has 0 radical (unpaired) electrons. The molecule has 0 saturated carbocycles. The van der Waals surface area contributed by atoms with Crippen molar-refractivity contribution in [2.75, 3.05) is 12.8 Å². The molecule has 21 heavy (non-hydrogen) atoms. The van der Waals surface area contributed by atoms with Crippen molar-refractivity contribution in [1.82, 2.24) is 4.31 Å². The average molecular weight is 303 g/mol. The van der Waals surface area contributed by atoms with Crippen LogP contribution in [-0.4, -0.2) is 37.1 Å². The van der Waals surface area contributed by atoms with Crippen molar-refractivity contribution in [3.05, 3.63) is 58.3 Å². The summed E-state index contributed by atoms with van der Waals surface area (Å²) in [4.78, 5) is 25.1. The van der Waals surface area contributed by atoms with Crippen LogP contribution in [-0.2, 0) is 10.0 Å². The zero-order chi connectivity index (χ0) is 15.4. The lowest BCUT2D eigenvalue weighted by Crippen LogP contribution is -2.36. The molecule has 1 aromatic carbocycles. The lowest BCUT2D eigenvalue weighted by Gasteiger charge is -2.30. The first-order valence-corrected chi connectivity index (χ1v) is 8.22. The predicted molar refractivity (Wildman–Crippen MR) is 77.4 cm³/mol. The smallest absolute Gasteiger partial charge is 0.232 e. The summed E-state index contributed by atoms with van der Waals surface area (Å²) in [7, 11) is -3.47. The summed E-state index contributed by atoms with van der Waals surface area (Å²) >= 11 is 0. The molecule has 0 spiro atoms. The summed E-state index contributed by atoms with van der Waals surface area (Å²) in [6.07, 6.45) is 2.48. The quantitative estimate of drug-likeness (QED) is 0.789. The van der Waals surface area contributed by atoms with Crippen LogP contribution in [0.5, 0.6) is 0 Å². The molecule has 0 bridgehead atoms. The number of sulfonamides is 1. The molecule has 6 heteroatoms. The van der Waals surface area contributed by atoms with E-state index in [1.165, 1.54) is 6.20 Å². The lowest BCUT2D eigenvalue weighted by molar-refractivity contribution is 0.0971. The summed E-state index contributed by atoms with van der Waals surface area (Å²) in [6.45, 7) is 1.55. The fourth-order valence-corrected chi connectivity index (χ4v) is 3.40. The van der Waals surface area contributed by atoms with E-state index in [9.17, 15) is 18.0 Å². The Hall–Kier alpha value is -2.21. The second-order valence-electron chi connectivity index (χ2n) is 5.18. The van der Waals surface area contributed by atoms with E-state index < -0.39 is 10.0 Å². The largest absolute Gasteiger partial charge is 0.289 e. The standard InChI is InChI=1S/C15H13NO4S/c1-9-7-16(21(2,19)20)8-12-13(9)15(18)11-6-4-3-5-10(11)14(12)17/h3-7H,8H2,1-2H3. The predicted octanol–water partition coefficient (Wildman–Crippen LogP) is 1.54. The van der Waals surface area contributed by atoms with Crippen LogP contribution in [0.1, 0.15) is 27.6 Å². The van der Waals surface area contributed by atoms with Crippen LogP contribution in [0.2, 0.25) is 0 Å². The molecule has 3 rings (SSSR count). The van der Waals surface area contributed by atoms with E-state index in [1.54, 1.807) is 31.2 Å². The molecule has 1 aliphatic carbocycles. The maximum absolute atomic E-state index is 12.6. The number of hydrogen-bond acceptors (Lipinski definition) is 4. The van der Waals surface area contributed by atoms with E-state index >= 15 is 0 Å². The molecular weight excluding hydrogens is 290 g/mol. The van der Waals surface area contributed by atoms with Gasteiger partial charge in [0.25, 0.3) is 0 Å². The van der Waals surface area contributed by atoms with Crippen molar-refractivity contribution in [3.63, 3.8) is 0 Å². The normalized spacial score (nSPS) is 18.4. The van der Waals surface area contributed by atoms with Crippen LogP contribution in [0.3, 0.4) is 0 Å². The number of allylic oxidation sites excluding steroid dienone is 2. The summed E-state index contributed by atoms with van der Waals surface area (Å²) in [6, 6.07) is 6.61. The number of rotatable bonds is 1. The Morgan fingerprint density at radius 3 is 2.19 bits per heavy atom. The highest BCUT2D eigenvalue weighted by Gasteiger charge is 2.36. The highest BCUT2D eigenvalue weighted by Crippen LogP contribution is 2.34. The van der Waals surface area contributed by atoms with Gasteiger partial charge in [-0.1, -0.05) is 24.3 Å². The monoisotopic (exact) mass is 303 g/mol. The second kappa shape index (κ2) is 4.39. The molecule has 1 aromatic rings. The molecule has 0 unspecified atom stereocenters. The van der Waals surface area contributed by atoms with Gasteiger partial charge >= 0.3 is 0 Å². The van der Waals surface area contributed by atoms with Crippen molar-refractivity contribution in [3.8, 4) is 0 Å². The van der Waals surface area contributed by atoms with Crippen LogP contribution in [0, 0.1) is 0 Å². The zero-order valence-corrected chi connectivity index (χ0v) is 12.4. The van der Waals surface area contributed by atoms with Gasteiger partial charge in [-0.25, -0.2) is 8.42 Å². The third kappa shape index (κ3) is 2.03. The first kappa shape index (κ1) is 13.8.